The van der Waals surface area contributed by atoms with Crippen LogP contribution in [-0.4, -0.2) is 32.9 Å². The topological polar surface area (TPSA) is 102 Å². The number of hydrogen-bond donors (Lipinski definition) is 2. The van der Waals surface area contributed by atoms with E-state index in [4.69, 9.17) is 27.9 Å². The zero-order valence-electron chi connectivity index (χ0n) is 16.0. The molecule has 2 rings (SSSR count). The molecule has 1 amide bonds. The summed E-state index contributed by atoms with van der Waals surface area (Å²) in [6.45, 7) is 4.47. The first-order valence-electron chi connectivity index (χ1n) is 8.52. The molecular weight excluding hydrogens is 439 g/mol. The summed E-state index contributed by atoms with van der Waals surface area (Å²) in [7, 11) is -4.00. The predicted octanol–water partition coefficient (Wildman–Crippen LogP) is 3.46. The Hall–Kier alpha value is -2.13. The number of aryl methyl sites for hydroxylation is 2. The van der Waals surface area contributed by atoms with Gasteiger partial charge in [0.05, 0.1) is 14.9 Å². The molecule has 2 aromatic carbocycles. The van der Waals surface area contributed by atoms with Gasteiger partial charge in [-0.1, -0.05) is 35.3 Å². The molecule has 0 aromatic heterocycles. The van der Waals surface area contributed by atoms with Gasteiger partial charge in [-0.15, -0.1) is 0 Å². The Kier molecular flexibility index (Phi) is 7.65. The maximum atomic E-state index is 12.2. The molecule has 0 radical (unpaired) electrons. The summed E-state index contributed by atoms with van der Waals surface area (Å²) in [4.78, 5) is 24.1. The van der Waals surface area contributed by atoms with Crippen LogP contribution in [0.3, 0.4) is 0 Å². The molecule has 0 heterocycles. The van der Waals surface area contributed by atoms with Crippen molar-refractivity contribution in [1.29, 1.82) is 0 Å². The van der Waals surface area contributed by atoms with Crippen LogP contribution in [0.4, 0.5) is 5.69 Å². The lowest BCUT2D eigenvalue weighted by Crippen LogP contribution is -2.36. The minimum Gasteiger partial charge on any atom is -0.452 e. The van der Waals surface area contributed by atoms with Gasteiger partial charge in [0.2, 0.25) is 10.0 Å². The highest BCUT2D eigenvalue weighted by Crippen LogP contribution is 2.24. The number of ether oxygens (including phenoxy) is 1. The third kappa shape index (κ3) is 6.43. The molecule has 0 aliphatic carbocycles. The molecule has 0 saturated carbocycles. The second kappa shape index (κ2) is 9.58. The SMILES string of the molecule is Cc1ccc(C)c(NC(=O)C(C)OC(=O)CNS(=O)(=O)c2ccc(Cl)c(Cl)c2)c1. The number of rotatable bonds is 7. The molecule has 0 aliphatic rings. The van der Waals surface area contributed by atoms with Crippen molar-refractivity contribution in [3.8, 4) is 0 Å². The zero-order chi connectivity index (χ0) is 21.8. The van der Waals surface area contributed by atoms with Crippen molar-refractivity contribution < 1.29 is 22.7 Å². The highest BCUT2D eigenvalue weighted by Gasteiger charge is 2.21. The highest BCUT2D eigenvalue weighted by atomic mass is 35.5. The number of hydrogen-bond acceptors (Lipinski definition) is 5. The number of carbonyl (C=O) groups is 2. The molecule has 2 N–H and O–H groups in total. The Morgan fingerprint density at radius 3 is 2.41 bits per heavy atom. The minimum atomic E-state index is -4.00. The second-order valence-corrected chi connectivity index (χ2v) is 8.92. The summed E-state index contributed by atoms with van der Waals surface area (Å²) in [6, 6.07) is 9.32. The number of benzene rings is 2. The lowest BCUT2D eigenvalue weighted by molar-refractivity contribution is -0.151. The smallest absolute Gasteiger partial charge is 0.321 e. The number of anilines is 1. The first-order chi connectivity index (χ1) is 13.5. The normalized spacial score (nSPS) is 12.3. The molecule has 10 heteroatoms. The standard InChI is InChI=1S/C19H20Cl2N2O5S/c1-11-4-5-12(2)17(8-11)23-19(25)13(3)28-18(24)10-22-29(26,27)14-6-7-15(20)16(21)9-14/h4-9,13,22H,10H2,1-3H3,(H,23,25). The average molecular weight is 459 g/mol. The molecule has 0 fully saturated rings. The molecule has 2 aromatic rings. The van der Waals surface area contributed by atoms with Gasteiger partial charge >= 0.3 is 5.97 Å². The van der Waals surface area contributed by atoms with E-state index in [0.29, 0.717) is 5.69 Å². The van der Waals surface area contributed by atoms with E-state index in [9.17, 15) is 18.0 Å². The maximum absolute atomic E-state index is 12.2. The van der Waals surface area contributed by atoms with Crippen LogP contribution in [0.1, 0.15) is 18.1 Å². The van der Waals surface area contributed by atoms with Crippen LogP contribution in [-0.2, 0) is 24.3 Å². The summed E-state index contributed by atoms with van der Waals surface area (Å²) >= 11 is 11.6. The Labute approximate surface area is 179 Å². The monoisotopic (exact) mass is 458 g/mol. The van der Waals surface area contributed by atoms with Crippen molar-refractivity contribution in [2.24, 2.45) is 0 Å². The van der Waals surface area contributed by atoms with E-state index >= 15 is 0 Å². The van der Waals surface area contributed by atoms with E-state index in [1.807, 2.05) is 26.0 Å². The summed E-state index contributed by atoms with van der Waals surface area (Å²) in [5.41, 5.74) is 2.43. The molecule has 0 spiro atoms. The number of halogens is 2. The Bertz CT molecular complexity index is 1040. The first-order valence-corrected chi connectivity index (χ1v) is 10.8. The number of carbonyl (C=O) groups excluding carboxylic acids is 2. The molecule has 7 nitrogen and oxygen atoms in total. The highest BCUT2D eigenvalue weighted by molar-refractivity contribution is 7.89. The molecule has 0 aliphatic heterocycles. The van der Waals surface area contributed by atoms with Crippen LogP contribution in [0.5, 0.6) is 0 Å². The van der Waals surface area contributed by atoms with Gasteiger partial charge in [0.15, 0.2) is 6.10 Å². The molecule has 0 saturated heterocycles. The fraction of sp³-hybridized carbons (Fsp3) is 0.263. The molecule has 156 valence electrons. The predicted molar refractivity (Wildman–Crippen MR) is 112 cm³/mol. The molecule has 1 unspecified atom stereocenters. The number of sulfonamides is 1. The largest absolute Gasteiger partial charge is 0.452 e. The van der Waals surface area contributed by atoms with Gasteiger partial charge < -0.3 is 10.1 Å². The second-order valence-electron chi connectivity index (χ2n) is 6.34. The van der Waals surface area contributed by atoms with Crippen LogP contribution < -0.4 is 10.0 Å². The fourth-order valence-electron chi connectivity index (χ4n) is 2.28. The van der Waals surface area contributed by atoms with Crippen molar-refractivity contribution in [2.75, 3.05) is 11.9 Å². The maximum Gasteiger partial charge on any atom is 0.321 e. The van der Waals surface area contributed by atoms with Crippen molar-refractivity contribution in [1.82, 2.24) is 4.72 Å². The van der Waals surface area contributed by atoms with E-state index in [1.165, 1.54) is 19.1 Å². The van der Waals surface area contributed by atoms with Crippen molar-refractivity contribution in [3.63, 3.8) is 0 Å². The number of amides is 1. The minimum absolute atomic E-state index is 0.0638. The Balaban J connectivity index is 1.93. The van der Waals surface area contributed by atoms with Gasteiger partial charge in [-0.2, -0.15) is 4.72 Å². The van der Waals surface area contributed by atoms with E-state index in [-0.39, 0.29) is 14.9 Å². The van der Waals surface area contributed by atoms with Gasteiger partial charge in [0.1, 0.15) is 6.54 Å². The van der Waals surface area contributed by atoms with Crippen LogP contribution in [0.25, 0.3) is 0 Å². The van der Waals surface area contributed by atoms with E-state index < -0.39 is 34.5 Å². The Morgan fingerprint density at radius 1 is 1.07 bits per heavy atom. The summed E-state index contributed by atoms with van der Waals surface area (Å²) in [5.74, 6) is -1.43. The van der Waals surface area contributed by atoms with Gasteiger partial charge in [-0.25, -0.2) is 8.42 Å². The third-order valence-corrected chi connectivity index (χ3v) is 6.07. The number of nitrogens with one attached hydrogen (secondary N) is 2. The zero-order valence-corrected chi connectivity index (χ0v) is 18.3. The molecule has 1 atom stereocenters. The summed E-state index contributed by atoms with van der Waals surface area (Å²) in [6.07, 6.45) is -1.11. The summed E-state index contributed by atoms with van der Waals surface area (Å²) < 4.78 is 31.6. The molecular formula is C19H20Cl2N2O5S. The molecule has 0 bridgehead atoms. The number of esters is 1. The van der Waals surface area contributed by atoms with Crippen LogP contribution in [0.15, 0.2) is 41.3 Å². The van der Waals surface area contributed by atoms with Gasteiger partial charge in [-0.3, -0.25) is 9.59 Å². The summed E-state index contributed by atoms with van der Waals surface area (Å²) in [5, 5.41) is 2.95. The van der Waals surface area contributed by atoms with Crippen molar-refractivity contribution >= 4 is 50.8 Å². The van der Waals surface area contributed by atoms with E-state index in [2.05, 4.69) is 10.0 Å². The van der Waals surface area contributed by atoms with Crippen molar-refractivity contribution in [2.45, 2.75) is 31.8 Å². The van der Waals surface area contributed by atoms with Crippen LogP contribution >= 0.6 is 23.2 Å². The van der Waals surface area contributed by atoms with E-state index in [1.54, 1.807) is 6.07 Å². The van der Waals surface area contributed by atoms with Gasteiger partial charge in [-0.05, 0) is 56.2 Å². The quantitative estimate of drug-likeness (QED) is 0.618. The fourth-order valence-corrected chi connectivity index (χ4v) is 3.64. The molecule has 29 heavy (non-hydrogen) atoms. The first kappa shape index (κ1) is 23.2. The van der Waals surface area contributed by atoms with Crippen molar-refractivity contribution in [3.05, 3.63) is 57.6 Å². The van der Waals surface area contributed by atoms with Gasteiger partial charge in [0.25, 0.3) is 5.91 Å². The van der Waals surface area contributed by atoms with Crippen LogP contribution in [0, 0.1) is 13.8 Å². The average Bonchev–Trinajstić information content (AvgIpc) is 2.65. The lowest BCUT2D eigenvalue weighted by Gasteiger charge is -2.15. The third-order valence-electron chi connectivity index (χ3n) is 3.94. The Morgan fingerprint density at radius 2 is 1.76 bits per heavy atom. The lowest BCUT2D eigenvalue weighted by atomic mass is 10.1. The van der Waals surface area contributed by atoms with Gasteiger partial charge in [0, 0.05) is 5.69 Å². The van der Waals surface area contributed by atoms with Crippen LogP contribution in [0.2, 0.25) is 10.0 Å². The van der Waals surface area contributed by atoms with E-state index in [0.717, 1.165) is 17.2 Å².